The summed E-state index contributed by atoms with van der Waals surface area (Å²) in [5.74, 6) is 0.914. The second-order valence-corrected chi connectivity index (χ2v) is 4.75. The van der Waals surface area contributed by atoms with Crippen LogP contribution in [0, 0.1) is 5.92 Å². The minimum atomic E-state index is 0.914. The van der Waals surface area contributed by atoms with E-state index >= 15 is 0 Å². The fourth-order valence-electron chi connectivity index (χ4n) is 2.20. The molecule has 0 amide bonds. The maximum atomic E-state index is 4.29. The van der Waals surface area contributed by atoms with Crippen LogP contribution in [-0.2, 0) is 6.42 Å². The first-order valence-corrected chi connectivity index (χ1v) is 6.84. The lowest BCUT2D eigenvalue weighted by Gasteiger charge is -2.15. The van der Waals surface area contributed by atoms with E-state index in [1.807, 2.05) is 6.20 Å². The Morgan fingerprint density at radius 2 is 1.81 bits per heavy atom. The third kappa shape index (κ3) is 5.34. The normalized spacial score (nSPS) is 11.2. The Bertz CT molecular complexity index is 233. The highest BCUT2D eigenvalue weighted by molar-refractivity contribution is 4.94. The van der Waals surface area contributed by atoms with Crippen molar-refractivity contribution in [3.63, 3.8) is 0 Å². The predicted octanol–water partition coefficient (Wildman–Crippen LogP) is 4.34. The van der Waals surface area contributed by atoms with Crippen molar-refractivity contribution in [3.05, 3.63) is 18.2 Å². The Kier molecular flexibility index (Phi) is 6.95. The van der Waals surface area contributed by atoms with Crippen LogP contribution in [-0.4, -0.2) is 9.97 Å². The molecule has 0 radical (unpaired) electrons. The van der Waals surface area contributed by atoms with Gasteiger partial charge in [-0.3, -0.25) is 0 Å². The fourth-order valence-corrected chi connectivity index (χ4v) is 2.20. The van der Waals surface area contributed by atoms with Gasteiger partial charge >= 0.3 is 0 Å². The summed E-state index contributed by atoms with van der Waals surface area (Å²) in [4.78, 5) is 7.32. The smallest absolute Gasteiger partial charge is 0.0923 e. The summed E-state index contributed by atoms with van der Waals surface area (Å²) in [6.45, 7) is 4.56. The molecule has 0 aliphatic heterocycles. The molecule has 2 nitrogen and oxygen atoms in total. The average Bonchev–Trinajstić information content (AvgIpc) is 2.81. The number of imidazole rings is 1. The molecule has 1 rings (SSSR count). The van der Waals surface area contributed by atoms with Crippen LogP contribution in [0.5, 0.6) is 0 Å². The molecule has 0 unspecified atom stereocenters. The SMILES string of the molecule is CCCCC(CCCC)CCc1c[nH]cn1. The van der Waals surface area contributed by atoms with Crippen LogP contribution in [0.4, 0.5) is 0 Å². The van der Waals surface area contributed by atoms with Crippen molar-refractivity contribution in [3.8, 4) is 0 Å². The monoisotopic (exact) mass is 222 g/mol. The summed E-state index contributed by atoms with van der Waals surface area (Å²) in [6, 6.07) is 0. The van der Waals surface area contributed by atoms with Gasteiger partial charge in [0.15, 0.2) is 0 Å². The van der Waals surface area contributed by atoms with Crippen molar-refractivity contribution < 1.29 is 0 Å². The van der Waals surface area contributed by atoms with Gasteiger partial charge in [-0.15, -0.1) is 0 Å². The number of rotatable bonds is 9. The summed E-state index contributed by atoms with van der Waals surface area (Å²) in [5, 5.41) is 0. The molecule has 0 saturated carbocycles. The highest BCUT2D eigenvalue weighted by Crippen LogP contribution is 2.21. The van der Waals surface area contributed by atoms with Gasteiger partial charge < -0.3 is 4.98 Å². The molecule has 0 aliphatic rings. The van der Waals surface area contributed by atoms with Gasteiger partial charge in [0.05, 0.1) is 12.0 Å². The summed E-state index contributed by atoms with van der Waals surface area (Å²) in [6.07, 6.45) is 14.5. The lowest BCUT2D eigenvalue weighted by Crippen LogP contribution is -2.03. The van der Waals surface area contributed by atoms with Gasteiger partial charge in [0.2, 0.25) is 0 Å². The van der Waals surface area contributed by atoms with E-state index in [-0.39, 0.29) is 0 Å². The quantitative estimate of drug-likeness (QED) is 0.661. The Morgan fingerprint density at radius 1 is 1.12 bits per heavy atom. The molecule has 0 atom stereocenters. The van der Waals surface area contributed by atoms with Crippen LogP contribution in [0.1, 0.15) is 64.5 Å². The van der Waals surface area contributed by atoms with Crippen molar-refractivity contribution in [2.24, 2.45) is 5.92 Å². The first-order chi connectivity index (χ1) is 7.86. The molecule has 1 N–H and O–H groups in total. The number of aromatic nitrogens is 2. The van der Waals surface area contributed by atoms with Crippen LogP contribution in [0.25, 0.3) is 0 Å². The maximum absolute atomic E-state index is 4.29. The number of unbranched alkanes of at least 4 members (excludes halogenated alkanes) is 2. The highest BCUT2D eigenvalue weighted by Gasteiger charge is 2.08. The third-order valence-electron chi connectivity index (χ3n) is 3.30. The van der Waals surface area contributed by atoms with E-state index in [9.17, 15) is 0 Å². The highest BCUT2D eigenvalue weighted by atomic mass is 14.9. The van der Waals surface area contributed by atoms with Gasteiger partial charge in [-0.05, 0) is 18.8 Å². The molecular formula is C14H26N2. The van der Waals surface area contributed by atoms with Crippen LogP contribution in [0.15, 0.2) is 12.5 Å². The standard InChI is InChI=1S/C14H26N2/c1-3-5-7-13(8-6-4-2)9-10-14-11-15-12-16-14/h11-13H,3-10H2,1-2H3,(H,15,16). The van der Waals surface area contributed by atoms with Crippen LogP contribution in [0.2, 0.25) is 0 Å². The van der Waals surface area contributed by atoms with Crippen molar-refractivity contribution >= 4 is 0 Å². The molecule has 0 saturated heterocycles. The number of hydrogen-bond donors (Lipinski definition) is 1. The molecule has 0 aliphatic carbocycles. The van der Waals surface area contributed by atoms with Gasteiger partial charge in [0, 0.05) is 6.20 Å². The lowest BCUT2D eigenvalue weighted by atomic mass is 9.91. The molecule has 0 aromatic carbocycles. The first kappa shape index (κ1) is 13.3. The minimum Gasteiger partial charge on any atom is -0.351 e. The van der Waals surface area contributed by atoms with E-state index in [1.165, 1.54) is 50.6 Å². The molecule has 2 heteroatoms. The number of nitrogens with one attached hydrogen (secondary N) is 1. The molecule has 1 heterocycles. The number of H-pyrrole nitrogens is 1. The Balaban J connectivity index is 2.25. The van der Waals surface area contributed by atoms with E-state index in [0.29, 0.717) is 0 Å². The number of aryl methyl sites for hydroxylation is 1. The zero-order chi connectivity index (χ0) is 11.6. The second-order valence-electron chi connectivity index (χ2n) is 4.75. The largest absolute Gasteiger partial charge is 0.351 e. The zero-order valence-corrected chi connectivity index (χ0v) is 10.8. The average molecular weight is 222 g/mol. The maximum Gasteiger partial charge on any atom is 0.0923 e. The summed E-state index contributed by atoms with van der Waals surface area (Å²) >= 11 is 0. The fraction of sp³-hybridized carbons (Fsp3) is 0.786. The first-order valence-electron chi connectivity index (χ1n) is 6.84. The van der Waals surface area contributed by atoms with E-state index in [1.54, 1.807) is 6.33 Å². The van der Waals surface area contributed by atoms with Crippen molar-refractivity contribution in [1.29, 1.82) is 0 Å². The van der Waals surface area contributed by atoms with Crippen LogP contribution < -0.4 is 0 Å². The topological polar surface area (TPSA) is 28.7 Å². The molecular weight excluding hydrogens is 196 g/mol. The van der Waals surface area contributed by atoms with Crippen molar-refractivity contribution in [2.45, 2.75) is 65.2 Å². The molecule has 92 valence electrons. The Labute approximate surface area is 99.9 Å². The van der Waals surface area contributed by atoms with Crippen LogP contribution >= 0.6 is 0 Å². The molecule has 0 fully saturated rings. The molecule has 0 spiro atoms. The van der Waals surface area contributed by atoms with Crippen molar-refractivity contribution in [1.82, 2.24) is 9.97 Å². The number of nitrogens with zero attached hydrogens (tertiary/aromatic N) is 1. The Hall–Kier alpha value is -0.790. The third-order valence-corrected chi connectivity index (χ3v) is 3.30. The van der Waals surface area contributed by atoms with Gasteiger partial charge in [-0.25, -0.2) is 4.98 Å². The van der Waals surface area contributed by atoms with E-state index in [2.05, 4.69) is 23.8 Å². The number of aromatic amines is 1. The van der Waals surface area contributed by atoms with E-state index in [4.69, 9.17) is 0 Å². The molecule has 0 bridgehead atoms. The van der Waals surface area contributed by atoms with E-state index in [0.717, 1.165) is 12.3 Å². The van der Waals surface area contributed by atoms with Crippen molar-refractivity contribution in [2.75, 3.05) is 0 Å². The summed E-state index contributed by atoms with van der Waals surface area (Å²) in [7, 11) is 0. The predicted molar refractivity (Wildman–Crippen MR) is 69.4 cm³/mol. The molecule has 1 aromatic rings. The lowest BCUT2D eigenvalue weighted by molar-refractivity contribution is 0.393. The van der Waals surface area contributed by atoms with Gasteiger partial charge in [0.25, 0.3) is 0 Å². The zero-order valence-electron chi connectivity index (χ0n) is 10.8. The summed E-state index contributed by atoms with van der Waals surface area (Å²) in [5.41, 5.74) is 1.22. The second kappa shape index (κ2) is 8.37. The summed E-state index contributed by atoms with van der Waals surface area (Å²) < 4.78 is 0. The van der Waals surface area contributed by atoms with Gasteiger partial charge in [-0.1, -0.05) is 52.4 Å². The Morgan fingerprint density at radius 3 is 2.31 bits per heavy atom. The number of hydrogen-bond acceptors (Lipinski definition) is 1. The van der Waals surface area contributed by atoms with E-state index < -0.39 is 0 Å². The van der Waals surface area contributed by atoms with Gasteiger partial charge in [-0.2, -0.15) is 0 Å². The molecule has 1 aromatic heterocycles. The van der Waals surface area contributed by atoms with Crippen LogP contribution in [0.3, 0.4) is 0 Å². The minimum absolute atomic E-state index is 0.914. The van der Waals surface area contributed by atoms with Gasteiger partial charge in [0.1, 0.15) is 0 Å². The molecule has 16 heavy (non-hydrogen) atoms.